The van der Waals surface area contributed by atoms with E-state index in [4.69, 9.17) is 72.9 Å². The van der Waals surface area contributed by atoms with Crippen LogP contribution in [0, 0.1) is 0 Å². The van der Waals surface area contributed by atoms with E-state index in [-0.39, 0.29) is 86.6 Å². The van der Waals surface area contributed by atoms with Crippen LogP contribution in [0.3, 0.4) is 0 Å². The summed E-state index contributed by atoms with van der Waals surface area (Å²) in [7, 11) is -46.1. The number of thiophene rings is 1. The van der Waals surface area contributed by atoms with Gasteiger partial charge in [0.1, 0.15) is 36.6 Å². The van der Waals surface area contributed by atoms with Gasteiger partial charge >= 0.3 is 67.7 Å². The second-order valence-corrected chi connectivity index (χ2v) is 19.1. The molecular formula is C12H67N13O33P6S3. The van der Waals surface area contributed by atoms with Crippen LogP contribution in [-0.4, -0.2) is 133 Å². The summed E-state index contributed by atoms with van der Waals surface area (Å²) in [4.78, 5) is 111. The van der Waals surface area contributed by atoms with Crippen molar-refractivity contribution < 1.29 is 153 Å². The minimum absolute atomic E-state index is 0. The van der Waals surface area contributed by atoms with E-state index >= 15 is 0 Å². The highest BCUT2D eigenvalue weighted by molar-refractivity contribution is 7.83. The third kappa shape index (κ3) is 53.2. The quantitative estimate of drug-likeness (QED) is 0.0377. The minimum atomic E-state index is -6.02. The fourth-order valence-corrected chi connectivity index (χ4v) is 8.03. The Bertz CT molecular complexity index is 1610. The molecule has 67 heavy (non-hydrogen) atoms. The molecule has 1 aromatic rings. The van der Waals surface area contributed by atoms with Crippen molar-refractivity contribution in [2.24, 2.45) is 0 Å². The third-order valence-electron chi connectivity index (χ3n) is 4.64. The molecule has 1 fully saturated rings. The maximum absolute atomic E-state index is 11.4. The average Bonchev–Trinajstić information content (AvgIpc) is 3.39. The zero-order valence-corrected chi connectivity index (χ0v) is 42.1. The molecule has 0 saturated heterocycles. The standard InChI is InChI=1S/C6H18O24P6.C6H8OS.13H3N.H2O8S2/c7-31(8,9)25-1-2(26-32(10,11)12)4(28-34(16,17)18)6(30-36(22,23)24)5(29-35(19,20)21)3(1)27-33(13,14)15;7-4-3-6-2-1-5-8-6;;;;;;;;;;;;;;1-9(2,3)7-8-10(4,5)6/h1-6H,(H2,7,8,9)(H2,10,11,12)(H2,13,14,15)(H2,16,17,18)(H2,19,20,21)(H2,22,23,24);1-2,5,7H,3-4H2;13*1H3;(H,1,2,3)(H,4,5,6)/t1-,2-,3-,4+,5-,6-;;;;;;;;;;;;;;;. The largest absolute Gasteiger partial charge is 0.470 e. The highest BCUT2D eigenvalue weighted by Gasteiger charge is 2.62. The van der Waals surface area contributed by atoms with Crippen LogP contribution in [-0.2, 0) is 90.4 Å². The van der Waals surface area contributed by atoms with Gasteiger partial charge in [-0.05, 0) is 11.4 Å². The van der Waals surface area contributed by atoms with Gasteiger partial charge in [-0.2, -0.15) is 16.8 Å². The fraction of sp³-hybridized carbons (Fsp3) is 0.667. The molecule has 1 aliphatic carbocycles. The van der Waals surface area contributed by atoms with Gasteiger partial charge in [-0.25, -0.2) is 27.4 Å². The van der Waals surface area contributed by atoms with Crippen molar-refractivity contribution in [1.29, 1.82) is 0 Å². The summed E-state index contributed by atoms with van der Waals surface area (Å²) in [6.45, 7) is 0.264. The number of aliphatic hydroxyl groups is 1. The summed E-state index contributed by atoms with van der Waals surface area (Å²) in [5.74, 6) is 0. The zero-order valence-electron chi connectivity index (χ0n) is 34.3. The van der Waals surface area contributed by atoms with Crippen molar-refractivity contribution in [2.75, 3.05) is 6.61 Å². The van der Waals surface area contributed by atoms with Crippen molar-refractivity contribution in [3.8, 4) is 0 Å². The lowest BCUT2D eigenvalue weighted by atomic mass is 9.85. The second kappa shape index (κ2) is 40.1. The second-order valence-electron chi connectivity index (χ2n) is 8.91. The Morgan fingerprint density at radius 1 is 0.418 bits per heavy atom. The van der Waals surface area contributed by atoms with E-state index in [0.29, 0.717) is 0 Å². The van der Waals surface area contributed by atoms with Crippen molar-refractivity contribution in [1.82, 2.24) is 80.0 Å². The highest BCUT2D eigenvalue weighted by Crippen LogP contribution is 2.57. The Morgan fingerprint density at radius 3 is 0.701 bits per heavy atom. The van der Waals surface area contributed by atoms with E-state index in [1.165, 1.54) is 4.88 Å². The Hall–Kier alpha value is -0.460. The van der Waals surface area contributed by atoms with E-state index in [2.05, 4.69) is 35.8 Å². The molecule has 55 heteroatoms. The molecule has 426 valence electrons. The number of phosphoric acid groups is 6. The third-order valence-corrected chi connectivity index (χ3v) is 9.25. The molecule has 0 amide bonds. The number of rotatable bonds is 17. The summed E-state index contributed by atoms with van der Waals surface area (Å²) in [6.07, 6.45) is -18.1. The fourth-order valence-electron chi connectivity index (χ4n) is 3.43. The van der Waals surface area contributed by atoms with Gasteiger partial charge in [-0.1, -0.05) is 14.7 Å². The van der Waals surface area contributed by atoms with Gasteiger partial charge in [0, 0.05) is 17.9 Å². The number of aliphatic hydroxyl groups excluding tert-OH is 1. The molecule has 1 heterocycles. The van der Waals surface area contributed by atoms with E-state index in [0.717, 1.165) is 6.42 Å². The lowest BCUT2D eigenvalue weighted by Gasteiger charge is -2.48. The molecule has 1 aliphatic rings. The molecule has 0 atom stereocenters. The monoisotopic (exact) mass is 1200 g/mol. The first-order valence-electron chi connectivity index (χ1n) is 12.1. The molecule has 0 bridgehead atoms. The van der Waals surface area contributed by atoms with E-state index < -0.39 is 104 Å². The molecule has 2 rings (SSSR count). The van der Waals surface area contributed by atoms with Crippen molar-refractivity contribution in [3.05, 3.63) is 22.4 Å². The highest BCUT2D eigenvalue weighted by atomic mass is 32.3. The lowest BCUT2D eigenvalue weighted by Crippen LogP contribution is -2.66. The topological polar surface area (TPSA) is 1000 Å². The van der Waals surface area contributed by atoms with Crippen LogP contribution in [0.1, 0.15) is 4.88 Å². The van der Waals surface area contributed by atoms with Gasteiger partial charge in [-0.3, -0.25) is 36.2 Å². The lowest BCUT2D eigenvalue weighted by molar-refractivity contribution is -0.202. The molecule has 0 radical (unpaired) electrons. The van der Waals surface area contributed by atoms with E-state index in [9.17, 15) is 44.2 Å². The smallest absolute Gasteiger partial charge is 0.396 e. The summed E-state index contributed by atoms with van der Waals surface area (Å²) in [6, 6.07) is 4.02. The van der Waals surface area contributed by atoms with Gasteiger partial charge in [0.25, 0.3) is 0 Å². The molecule has 0 aliphatic heterocycles. The summed E-state index contributed by atoms with van der Waals surface area (Å²) in [5, 5.41) is 10.5. The average molecular weight is 1200 g/mol. The Balaban J connectivity index is -0.0000000643. The summed E-state index contributed by atoms with van der Waals surface area (Å²) < 4.78 is 152. The first-order valence-corrected chi connectivity index (χ1v) is 24.9. The van der Waals surface area contributed by atoms with Crippen LogP contribution in [0.15, 0.2) is 17.5 Å². The Morgan fingerprint density at radius 2 is 0.597 bits per heavy atom. The van der Waals surface area contributed by atoms with Gasteiger partial charge in [-0.15, -0.1) is 11.3 Å². The van der Waals surface area contributed by atoms with Gasteiger partial charge < -0.3 is 144 Å². The molecule has 1 saturated carbocycles. The zero-order chi connectivity index (χ0) is 42.9. The maximum atomic E-state index is 11.4. The van der Waals surface area contributed by atoms with Crippen LogP contribution in [0.2, 0.25) is 0 Å². The normalized spacial score (nSPS) is 18.9. The number of hydrogen-bond donors (Lipinski definition) is 28. The van der Waals surface area contributed by atoms with Crippen LogP contribution in [0.25, 0.3) is 0 Å². The van der Waals surface area contributed by atoms with Crippen LogP contribution >= 0.6 is 58.3 Å². The van der Waals surface area contributed by atoms with E-state index in [1.54, 1.807) is 11.3 Å². The Labute approximate surface area is 383 Å². The molecular weight excluding hydrogens is 1140 g/mol. The summed E-state index contributed by atoms with van der Waals surface area (Å²) >= 11 is 1.69. The number of phosphoric ester groups is 6. The van der Waals surface area contributed by atoms with Crippen molar-refractivity contribution >= 4 is 79.1 Å². The van der Waals surface area contributed by atoms with E-state index in [1.807, 2.05) is 17.5 Å². The number of hydrogen-bond acceptors (Lipinski definition) is 33. The summed E-state index contributed by atoms with van der Waals surface area (Å²) in [5.41, 5.74) is 0. The van der Waals surface area contributed by atoms with Crippen LogP contribution in [0.4, 0.5) is 0 Å². The SMILES string of the molecule is N.N.N.N.N.N.N.N.N.N.N.N.N.O=P(O)(O)O[C@H]1[C@H](OP(=O)(O)O)[C@@H](OP(=O)(O)O)[C@H](OP(=O)(O)O)[C@@H](OP(=O)(O)O)[C@H]1OP(=O)(O)O.O=S(=O)(O)OOS(=O)(=O)O.OCCc1cccs1. The molecule has 46 nitrogen and oxygen atoms in total. The van der Waals surface area contributed by atoms with Crippen LogP contribution in [0.5, 0.6) is 0 Å². The van der Waals surface area contributed by atoms with Gasteiger partial charge in [0.05, 0.1) is 0 Å². The molecule has 0 spiro atoms. The van der Waals surface area contributed by atoms with Crippen molar-refractivity contribution in [2.45, 2.75) is 43.0 Å². The molecule has 0 unspecified atom stereocenters. The molecule has 0 aromatic carbocycles. The predicted molar refractivity (Wildman–Crippen MR) is 227 cm³/mol. The maximum Gasteiger partial charge on any atom is 0.470 e. The first kappa shape index (κ1) is 104. The van der Waals surface area contributed by atoms with Gasteiger partial charge in [0.2, 0.25) is 0 Å². The Kier molecular flexibility index (Phi) is 61.9. The molecule has 1 aromatic heterocycles. The molecule has 54 N–H and O–H groups in total. The predicted octanol–water partition coefficient (Wildman–Crippen LogP) is -1.20. The van der Waals surface area contributed by atoms with Gasteiger partial charge in [0.15, 0.2) is 0 Å². The van der Waals surface area contributed by atoms with Crippen molar-refractivity contribution in [3.63, 3.8) is 0 Å². The minimum Gasteiger partial charge on any atom is -0.396 e. The van der Waals surface area contributed by atoms with Crippen LogP contribution < -0.4 is 80.0 Å². The first-order chi connectivity index (χ1) is 23.7.